The highest BCUT2D eigenvalue weighted by Crippen LogP contribution is 2.30. The number of benzene rings is 1. The highest BCUT2D eigenvalue weighted by atomic mass is 32.2. The van der Waals surface area contributed by atoms with E-state index in [9.17, 15) is 8.42 Å². The van der Waals surface area contributed by atoms with Crippen molar-refractivity contribution in [2.75, 3.05) is 0 Å². The maximum Gasteiger partial charge on any atom is 0.250 e. The molecule has 3 heterocycles. The van der Waals surface area contributed by atoms with Crippen LogP contribution in [0.3, 0.4) is 0 Å². The third kappa shape index (κ3) is 4.19. The number of hydrogen-bond acceptors (Lipinski definition) is 5. The average molecular weight is 411 g/mol. The highest BCUT2D eigenvalue weighted by Gasteiger charge is 2.18. The molecule has 0 spiro atoms. The second-order valence-electron chi connectivity index (χ2n) is 6.14. The van der Waals surface area contributed by atoms with Crippen LogP contribution in [0.1, 0.15) is 11.4 Å². The Morgan fingerprint density at radius 3 is 2.64 bits per heavy atom. The standard InChI is InChI=1S/C20H18N4O2S2/c25-28(26,20-9-8-18(27-20)17-7-4-10-21-13-17)23-14-19-22-11-12-24(19)15-16-5-2-1-3-6-16/h1-13,23H,14-15H2. The van der Waals surface area contributed by atoms with Crippen LogP contribution in [0.2, 0.25) is 0 Å². The van der Waals surface area contributed by atoms with Crippen LogP contribution in [0.25, 0.3) is 10.4 Å². The molecule has 0 fully saturated rings. The first kappa shape index (κ1) is 18.5. The Morgan fingerprint density at radius 2 is 1.86 bits per heavy atom. The van der Waals surface area contributed by atoms with Gasteiger partial charge >= 0.3 is 0 Å². The lowest BCUT2D eigenvalue weighted by atomic mass is 10.2. The Balaban J connectivity index is 1.47. The number of aromatic nitrogens is 3. The van der Waals surface area contributed by atoms with Crippen LogP contribution in [-0.4, -0.2) is 23.0 Å². The van der Waals surface area contributed by atoms with Crippen LogP contribution in [0.4, 0.5) is 0 Å². The maximum absolute atomic E-state index is 12.7. The number of thiophene rings is 1. The fourth-order valence-electron chi connectivity index (χ4n) is 2.79. The predicted molar refractivity (Wildman–Crippen MR) is 109 cm³/mol. The quantitative estimate of drug-likeness (QED) is 0.506. The fourth-order valence-corrected chi connectivity index (χ4v) is 5.11. The zero-order valence-electron chi connectivity index (χ0n) is 14.9. The van der Waals surface area contributed by atoms with E-state index < -0.39 is 10.0 Å². The van der Waals surface area contributed by atoms with Gasteiger partial charge in [-0.2, -0.15) is 0 Å². The van der Waals surface area contributed by atoms with Gasteiger partial charge in [0.1, 0.15) is 10.0 Å². The van der Waals surface area contributed by atoms with Crippen molar-refractivity contribution in [2.45, 2.75) is 17.3 Å². The summed E-state index contributed by atoms with van der Waals surface area (Å²) in [6, 6.07) is 17.1. The molecular weight excluding hydrogens is 392 g/mol. The molecule has 0 aliphatic heterocycles. The Labute approximate surface area is 167 Å². The molecule has 0 aliphatic carbocycles. The molecule has 28 heavy (non-hydrogen) atoms. The van der Waals surface area contributed by atoms with Crippen molar-refractivity contribution in [2.24, 2.45) is 0 Å². The van der Waals surface area contributed by atoms with Crippen LogP contribution in [0.15, 0.2) is 83.6 Å². The Kier molecular flexibility index (Phi) is 5.34. The zero-order valence-corrected chi connectivity index (χ0v) is 16.5. The summed E-state index contributed by atoms with van der Waals surface area (Å²) < 4.78 is 30.2. The van der Waals surface area contributed by atoms with E-state index in [0.717, 1.165) is 16.0 Å². The summed E-state index contributed by atoms with van der Waals surface area (Å²) >= 11 is 1.22. The minimum atomic E-state index is -3.62. The average Bonchev–Trinajstić information content (AvgIpc) is 3.38. The molecule has 0 amide bonds. The molecule has 0 bridgehead atoms. The summed E-state index contributed by atoms with van der Waals surface area (Å²) in [5.41, 5.74) is 2.02. The van der Waals surface area contributed by atoms with Crippen LogP contribution >= 0.6 is 11.3 Å². The number of nitrogens with zero attached hydrogens (tertiary/aromatic N) is 3. The Bertz CT molecular complexity index is 1150. The summed E-state index contributed by atoms with van der Waals surface area (Å²) in [6.07, 6.45) is 6.93. The van der Waals surface area contributed by atoms with Crippen LogP contribution in [0, 0.1) is 0 Å². The van der Waals surface area contributed by atoms with Crippen LogP contribution in [-0.2, 0) is 23.1 Å². The van der Waals surface area contributed by atoms with Crippen molar-refractivity contribution in [1.82, 2.24) is 19.3 Å². The second kappa shape index (κ2) is 8.05. The molecule has 0 aliphatic rings. The summed E-state index contributed by atoms with van der Waals surface area (Å²) in [5.74, 6) is 0.663. The van der Waals surface area contributed by atoms with Gasteiger partial charge in [-0.3, -0.25) is 4.98 Å². The lowest BCUT2D eigenvalue weighted by Crippen LogP contribution is -2.24. The summed E-state index contributed by atoms with van der Waals surface area (Å²) in [6.45, 7) is 0.768. The molecule has 3 aromatic heterocycles. The van der Waals surface area contributed by atoms with Gasteiger partial charge in [0.25, 0.3) is 0 Å². The first-order chi connectivity index (χ1) is 13.6. The molecule has 0 saturated heterocycles. The number of rotatable bonds is 7. The molecule has 1 aromatic carbocycles. The van der Waals surface area contributed by atoms with Crippen LogP contribution in [0.5, 0.6) is 0 Å². The van der Waals surface area contributed by atoms with E-state index in [1.165, 1.54) is 11.3 Å². The van der Waals surface area contributed by atoms with Gasteiger partial charge in [0.15, 0.2) is 0 Å². The lowest BCUT2D eigenvalue weighted by molar-refractivity contribution is 0.578. The molecule has 4 rings (SSSR count). The van der Waals surface area contributed by atoms with Gasteiger partial charge in [-0.05, 0) is 23.8 Å². The SMILES string of the molecule is O=S(=O)(NCc1nccn1Cc1ccccc1)c1ccc(-c2cccnc2)s1. The first-order valence-electron chi connectivity index (χ1n) is 8.66. The van der Waals surface area contributed by atoms with Gasteiger partial charge in [-0.1, -0.05) is 36.4 Å². The molecule has 4 aromatic rings. The molecule has 142 valence electrons. The predicted octanol–water partition coefficient (Wildman–Crippen LogP) is 3.53. The van der Waals surface area contributed by atoms with E-state index in [-0.39, 0.29) is 10.8 Å². The van der Waals surface area contributed by atoms with Crippen molar-refractivity contribution in [3.05, 3.63) is 90.8 Å². The van der Waals surface area contributed by atoms with Gasteiger partial charge in [0, 0.05) is 41.8 Å². The number of hydrogen-bond donors (Lipinski definition) is 1. The topological polar surface area (TPSA) is 76.9 Å². The number of nitrogens with one attached hydrogen (secondary N) is 1. The largest absolute Gasteiger partial charge is 0.329 e. The van der Waals surface area contributed by atoms with Gasteiger partial charge in [-0.15, -0.1) is 11.3 Å². The van der Waals surface area contributed by atoms with Crippen molar-refractivity contribution in [3.8, 4) is 10.4 Å². The number of sulfonamides is 1. The van der Waals surface area contributed by atoms with E-state index in [1.807, 2.05) is 53.2 Å². The molecule has 0 unspecified atom stereocenters. The minimum absolute atomic E-state index is 0.127. The summed E-state index contributed by atoms with van der Waals surface area (Å²) in [4.78, 5) is 9.23. The normalized spacial score (nSPS) is 11.6. The molecule has 8 heteroatoms. The number of imidazole rings is 1. The molecule has 0 atom stereocenters. The maximum atomic E-state index is 12.7. The van der Waals surface area contributed by atoms with Crippen molar-refractivity contribution >= 4 is 21.4 Å². The second-order valence-corrected chi connectivity index (χ2v) is 9.22. The lowest BCUT2D eigenvalue weighted by Gasteiger charge is -2.09. The smallest absolute Gasteiger partial charge is 0.250 e. The Hall–Kier alpha value is -2.81. The van der Waals surface area contributed by atoms with Gasteiger partial charge in [-0.25, -0.2) is 18.1 Å². The third-order valence-corrected chi connectivity index (χ3v) is 7.24. The molecular formula is C20H18N4O2S2. The van der Waals surface area contributed by atoms with E-state index in [0.29, 0.717) is 12.4 Å². The molecule has 6 nitrogen and oxygen atoms in total. The third-order valence-electron chi connectivity index (χ3n) is 4.21. The number of pyridine rings is 1. The fraction of sp³-hybridized carbons (Fsp3) is 0.100. The first-order valence-corrected chi connectivity index (χ1v) is 11.0. The van der Waals surface area contributed by atoms with E-state index in [1.54, 1.807) is 30.7 Å². The van der Waals surface area contributed by atoms with Crippen molar-refractivity contribution in [1.29, 1.82) is 0 Å². The van der Waals surface area contributed by atoms with E-state index >= 15 is 0 Å². The van der Waals surface area contributed by atoms with Gasteiger partial charge < -0.3 is 4.57 Å². The zero-order chi connectivity index (χ0) is 19.4. The van der Waals surface area contributed by atoms with E-state index in [2.05, 4.69) is 14.7 Å². The van der Waals surface area contributed by atoms with Crippen LogP contribution < -0.4 is 4.72 Å². The summed E-state index contributed by atoms with van der Waals surface area (Å²) in [7, 11) is -3.62. The monoisotopic (exact) mass is 410 g/mol. The minimum Gasteiger partial charge on any atom is -0.329 e. The molecule has 0 saturated carbocycles. The van der Waals surface area contributed by atoms with E-state index in [4.69, 9.17) is 0 Å². The van der Waals surface area contributed by atoms with Crippen molar-refractivity contribution < 1.29 is 8.42 Å². The highest BCUT2D eigenvalue weighted by molar-refractivity contribution is 7.91. The van der Waals surface area contributed by atoms with Gasteiger partial charge in [0.05, 0.1) is 6.54 Å². The van der Waals surface area contributed by atoms with Crippen molar-refractivity contribution in [3.63, 3.8) is 0 Å². The van der Waals surface area contributed by atoms with Gasteiger partial charge in [0.2, 0.25) is 10.0 Å². The summed E-state index contributed by atoms with van der Waals surface area (Å²) in [5, 5.41) is 0. The molecule has 0 radical (unpaired) electrons. The Morgan fingerprint density at radius 1 is 1.00 bits per heavy atom. The molecule has 1 N–H and O–H groups in total.